The van der Waals surface area contributed by atoms with Crippen molar-refractivity contribution in [3.63, 3.8) is 0 Å². The molecule has 0 spiro atoms. The zero-order valence-electron chi connectivity index (χ0n) is 24.6. The van der Waals surface area contributed by atoms with Crippen LogP contribution in [0.4, 0.5) is 0 Å². The summed E-state index contributed by atoms with van der Waals surface area (Å²) >= 11 is 6.27. The minimum atomic E-state index is -0.282. The summed E-state index contributed by atoms with van der Waals surface area (Å²) in [5, 5.41) is 2.06. The molecule has 1 saturated heterocycles. The van der Waals surface area contributed by atoms with Gasteiger partial charge < -0.3 is 14.2 Å². The van der Waals surface area contributed by atoms with E-state index in [0.29, 0.717) is 19.6 Å². The molecule has 0 saturated carbocycles. The third-order valence-corrected chi connectivity index (χ3v) is 8.78. The van der Waals surface area contributed by atoms with Gasteiger partial charge in [0.25, 0.3) is 0 Å². The van der Waals surface area contributed by atoms with Crippen LogP contribution in [0, 0.1) is 12.3 Å². The lowest BCUT2D eigenvalue weighted by molar-refractivity contribution is -0.135. The van der Waals surface area contributed by atoms with Crippen molar-refractivity contribution in [2.75, 3.05) is 26.7 Å². The van der Waals surface area contributed by atoms with Crippen LogP contribution < -0.4 is 4.74 Å². The van der Waals surface area contributed by atoms with Crippen molar-refractivity contribution in [3.8, 4) is 5.75 Å². The molecule has 5 rings (SSSR count). The number of nitrogens with zero attached hydrogens (tertiary/aromatic N) is 3. The molecule has 0 aliphatic carbocycles. The molecule has 1 aliphatic rings. The van der Waals surface area contributed by atoms with Crippen LogP contribution in [0.25, 0.3) is 10.9 Å². The second-order valence-corrected chi connectivity index (χ2v) is 12.2. The smallest absolute Gasteiger partial charge is 0.223 e. The molecule has 41 heavy (non-hydrogen) atoms. The maximum atomic E-state index is 13.7. The molecule has 4 aromatic rings. The third-order valence-electron chi connectivity index (χ3n) is 8.36. The predicted molar refractivity (Wildman–Crippen MR) is 168 cm³/mol. The highest BCUT2D eigenvalue weighted by atomic mass is 35.5. The van der Waals surface area contributed by atoms with Crippen molar-refractivity contribution in [3.05, 3.63) is 101 Å². The van der Waals surface area contributed by atoms with Gasteiger partial charge in [-0.05, 0) is 73.7 Å². The Kier molecular flexibility index (Phi) is 9.36. The fraction of sp³-hybridized carbons (Fsp3) is 0.400. The molecule has 6 heteroatoms. The van der Waals surface area contributed by atoms with Gasteiger partial charge in [0.1, 0.15) is 5.75 Å². The summed E-state index contributed by atoms with van der Waals surface area (Å²) in [5.74, 6) is 0.960. The number of amides is 1. The van der Waals surface area contributed by atoms with Crippen LogP contribution in [0.1, 0.15) is 49.3 Å². The number of ether oxygens (including phenoxy) is 1. The number of para-hydroxylation sites is 1. The van der Waals surface area contributed by atoms with Crippen molar-refractivity contribution >= 4 is 28.4 Å². The lowest BCUT2D eigenvalue weighted by Gasteiger charge is -2.43. The van der Waals surface area contributed by atoms with E-state index in [9.17, 15) is 4.79 Å². The van der Waals surface area contributed by atoms with E-state index in [2.05, 4.69) is 59.0 Å². The predicted octanol–water partition coefficient (Wildman–Crippen LogP) is 7.72. The summed E-state index contributed by atoms with van der Waals surface area (Å²) in [6.45, 7) is 9.03. The minimum Gasteiger partial charge on any atom is -0.493 e. The Balaban J connectivity index is 1.36. The van der Waals surface area contributed by atoms with E-state index >= 15 is 0 Å². The largest absolute Gasteiger partial charge is 0.493 e. The maximum absolute atomic E-state index is 13.7. The highest BCUT2D eigenvalue weighted by molar-refractivity contribution is 6.31. The first-order valence-corrected chi connectivity index (χ1v) is 15.2. The first-order chi connectivity index (χ1) is 19.9. The summed E-state index contributed by atoms with van der Waals surface area (Å²) in [6.07, 6.45) is 5.88. The summed E-state index contributed by atoms with van der Waals surface area (Å²) in [7, 11) is 1.91. The van der Waals surface area contributed by atoms with Crippen LogP contribution in [0.3, 0.4) is 0 Å². The number of halogens is 1. The Morgan fingerprint density at radius 3 is 2.63 bits per heavy atom. The number of aryl methyl sites for hydroxylation is 2. The molecular formula is C35H42ClN3O2. The minimum absolute atomic E-state index is 0.158. The average molecular weight is 572 g/mol. The van der Waals surface area contributed by atoms with E-state index in [1.807, 2.05) is 55.3 Å². The number of hydrogen-bond acceptors (Lipinski definition) is 3. The molecule has 1 fully saturated rings. The molecule has 3 aromatic carbocycles. The van der Waals surface area contributed by atoms with Crippen LogP contribution in [0.15, 0.2) is 79.0 Å². The normalized spacial score (nSPS) is 17.6. The second kappa shape index (κ2) is 13.1. The summed E-state index contributed by atoms with van der Waals surface area (Å²) in [6, 6.07) is 24.7. The van der Waals surface area contributed by atoms with E-state index < -0.39 is 0 Å². The molecule has 1 unspecified atom stereocenters. The highest BCUT2D eigenvalue weighted by Gasteiger charge is 2.39. The lowest BCUT2D eigenvalue weighted by Crippen LogP contribution is -2.48. The molecular weight excluding hydrogens is 530 g/mol. The fourth-order valence-corrected chi connectivity index (χ4v) is 6.34. The number of benzene rings is 3. The highest BCUT2D eigenvalue weighted by Crippen LogP contribution is 2.37. The van der Waals surface area contributed by atoms with Crippen molar-refractivity contribution < 1.29 is 9.53 Å². The number of carbonyl (C=O) groups is 1. The molecule has 1 amide bonds. The van der Waals surface area contributed by atoms with Gasteiger partial charge in [-0.3, -0.25) is 9.69 Å². The number of hydrogen-bond donors (Lipinski definition) is 0. The van der Waals surface area contributed by atoms with Crippen LogP contribution in [0.2, 0.25) is 5.02 Å². The Labute approximate surface area is 249 Å². The monoisotopic (exact) mass is 571 g/mol. The van der Waals surface area contributed by atoms with Crippen LogP contribution in [0.5, 0.6) is 5.75 Å². The van der Waals surface area contributed by atoms with Gasteiger partial charge in [-0.1, -0.05) is 67.1 Å². The summed E-state index contributed by atoms with van der Waals surface area (Å²) in [4.78, 5) is 18.1. The maximum Gasteiger partial charge on any atom is 0.223 e. The molecule has 0 bridgehead atoms. The van der Waals surface area contributed by atoms with E-state index in [0.717, 1.165) is 67.3 Å². The van der Waals surface area contributed by atoms with Gasteiger partial charge in [0.05, 0.1) is 6.61 Å². The van der Waals surface area contributed by atoms with Gasteiger partial charge in [-0.15, -0.1) is 0 Å². The van der Waals surface area contributed by atoms with Gasteiger partial charge in [0.15, 0.2) is 0 Å². The van der Waals surface area contributed by atoms with E-state index in [1.54, 1.807) is 0 Å². The lowest BCUT2D eigenvalue weighted by atomic mass is 9.77. The number of aromatic nitrogens is 1. The van der Waals surface area contributed by atoms with Crippen LogP contribution >= 0.6 is 11.6 Å². The number of carbonyl (C=O) groups excluding carboxylic acids is 1. The van der Waals surface area contributed by atoms with Gasteiger partial charge in [0.2, 0.25) is 5.91 Å². The molecule has 0 radical (unpaired) electrons. The van der Waals surface area contributed by atoms with Crippen molar-refractivity contribution in [1.29, 1.82) is 0 Å². The first-order valence-electron chi connectivity index (χ1n) is 14.8. The van der Waals surface area contributed by atoms with Gasteiger partial charge >= 0.3 is 0 Å². The topological polar surface area (TPSA) is 37.7 Å². The van der Waals surface area contributed by atoms with E-state index in [1.165, 1.54) is 16.5 Å². The number of fused-ring (bicyclic) bond motifs is 1. The Morgan fingerprint density at radius 1 is 1.07 bits per heavy atom. The van der Waals surface area contributed by atoms with Crippen molar-refractivity contribution in [2.45, 2.75) is 59.2 Å². The second-order valence-electron chi connectivity index (χ2n) is 11.8. The Bertz CT molecular complexity index is 1470. The van der Waals surface area contributed by atoms with Gasteiger partial charge in [0, 0.05) is 67.2 Å². The fourth-order valence-electron chi connectivity index (χ4n) is 6.22. The molecule has 0 N–H and O–H groups in total. The molecule has 216 valence electrons. The number of rotatable bonds is 11. The standard InChI is InChI=1S/C35H42ClN3O2/c1-4-18-39-24-29(31-13-8-9-14-33(31)39)23-38-19-10-17-35(25-38,26-41-30-15-16-32(36)27(2)20-30)21-34(40)37(3)22-28-11-6-5-7-12-28/h5-9,11-16,20,24H,4,10,17-19,21-23,25-26H2,1-3H3. The van der Waals surface area contributed by atoms with Crippen LogP contribution in [-0.2, 0) is 24.4 Å². The number of likely N-dealkylation sites (tertiary alicyclic amines) is 1. The van der Waals surface area contributed by atoms with Gasteiger partial charge in [-0.25, -0.2) is 0 Å². The summed E-state index contributed by atoms with van der Waals surface area (Å²) < 4.78 is 8.81. The SMILES string of the molecule is CCCn1cc(CN2CCCC(COc3ccc(Cl)c(C)c3)(CC(=O)N(C)Cc3ccccc3)C2)c2ccccc21. The molecule has 2 heterocycles. The first kappa shape index (κ1) is 29.2. The number of piperidine rings is 1. The Hall–Kier alpha value is -3.28. The molecule has 1 aromatic heterocycles. The van der Waals surface area contributed by atoms with Crippen molar-refractivity contribution in [1.82, 2.24) is 14.4 Å². The Morgan fingerprint density at radius 2 is 1.85 bits per heavy atom. The molecule has 1 aliphatic heterocycles. The summed E-state index contributed by atoms with van der Waals surface area (Å²) in [5.41, 5.74) is 4.50. The average Bonchev–Trinajstić information content (AvgIpc) is 3.31. The van der Waals surface area contributed by atoms with Crippen LogP contribution in [-0.4, -0.2) is 47.0 Å². The zero-order valence-corrected chi connectivity index (χ0v) is 25.4. The van der Waals surface area contributed by atoms with E-state index in [-0.39, 0.29) is 11.3 Å². The van der Waals surface area contributed by atoms with Gasteiger partial charge in [-0.2, -0.15) is 0 Å². The quantitative estimate of drug-likeness (QED) is 0.185. The van der Waals surface area contributed by atoms with E-state index in [4.69, 9.17) is 16.3 Å². The molecule has 1 atom stereocenters. The van der Waals surface area contributed by atoms with Crippen molar-refractivity contribution in [2.24, 2.45) is 5.41 Å². The zero-order chi connectivity index (χ0) is 28.8. The third kappa shape index (κ3) is 7.14. The molecule has 5 nitrogen and oxygen atoms in total.